The molecule has 0 saturated heterocycles. The van der Waals surface area contributed by atoms with Crippen molar-refractivity contribution in [3.63, 3.8) is 0 Å². The van der Waals surface area contributed by atoms with Gasteiger partial charge in [-0.1, -0.05) is 48.5 Å². The summed E-state index contributed by atoms with van der Waals surface area (Å²) in [6.07, 6.45) is 0. The molecule has 0 nitrogen and oxygen atoms in total. The minimum Gasteiger partial charge on any atom is -0.207 e. The molecule has 0 atom stereocenters. The van der Waals surface area contributed by atoms with E-state index in [4.69, 9.17) is 0 Å². The van der Waals surface area contributed by atoms with Gasteiger partial charge in [-0.3, -0.25) is 0 Å². The van der Waals surface area contributed by atoms with E-state index in [0.29, 0.717) is 11.1 Å². The Kier molecular flexibility index (Phi) is 6.44. The Morgan fingerprint density at radius 2 is 0.579 bits per heavy atom. The normalized spacial score (nSPS) is 11.2. The summed E-state index contributed by atoms with van der Waals surface area (Å²) < 4.78 is 54.3. The van der Waals surface area contributed by atoms with Crippen molar-refractivity contribution in [2.24, 2.45) is 0 Å². The largest absolute Gasteiger partial charge is 0.207 e. The summed E-state index contributed by atoms with van der Waals surface area (Å²) in [5.74, 6) is -2.39. The second-order valence-corrected chi connectivity index (χ2v) is 11.0. The Balaban J connectivity index is 1.20. The van der Waals surface area contributed by atoms with Crippen LogP contribution in [0.2, 0.25) is 0 Å². The Hall–Kier alpha value is -4.00. The number of rotatable bonds is 5. The Morgan fingerprint density at radius 3 is 0.921 bits per heavy atom. The molecule has 4 aromatic carbocycles. The molecule has 0 spiro atoms. The topological polar surface area (TPSA) is 0 Å². The Labute approximate surface area is 225 Å². The lowest BCUT2D eigenvalue weighted by Crippen LogP contribution is -1.84. The second kappa shape index (κ2) is 10.0. The van der Waals surface area contributed by atoms with Gasteiger partial charge >= 0.3 is 0 Å². The molecule has 0 amide bonds. The highest BCUT2D eigenvalue weighted by molar-refractivity contribution is 7.25. The van der Waals surface area contributed by atoms with Crippen LogP contribution in [0, 0.1) is 23.3 Å². The van der Waals surface area contributed by atoms with Crippen LogP contribution in [0.5, 0.6) is 0 Å². The average molecular weight is 543 g/mol. The number of thiophene rings is 2. The number of hydrogen-bond donors (Lipinski definition) is 0. The fraction of sp³-hybridized carbons (Fsp3) is 0. The molecule has 0 saturated carbocycles. The molecular weight excluding hydrogens is 524 g/mol. The van der Waals surface area contributed by atoms with E-state index >= 15 is 0 Å². The number of hydrogen-bond acceptors (Lipinski definition) is 2. The van der Waals surface area contributed by atoms with Crippen molar-refractivity contribution in [1.29, 1.82) is 0 Å². The molecule has 0 aliphatic rings. The first-order valence-corrected chi connectivity index (χ1v) is 13.4. The van der Waals surface area contributed by atoms with Gasteiger partial charge in [-0.2, -0.15) is 0 Å². The third-order valence-corrected chi connectivity index (χ3v) is 8.65. The van der Waals surface area contributed by atoms with E-state index in [9.17, 15) is 17.6 Å². The van der Waals surface area contributed by atoms with Gasteiger partial charge in [0, 0.05) is 31.6 Å². The molecule has 6 heteroatoms. The summed E-state index contributed by atoms with van der Waals surface area (Å²) >= 11 is 3.35. The van der Waals surface area contributed by atoms with Gasteiger partial charge in [0.1, 0.15) is 23.3 Å². The van der Waals surface area contributed by atoms with Gasteiger partial charge in [-0.05, 0) is 81.9 Å². The summed E-state index contributed by atoms with van der Waals surface area (Å²) in [4.78, 5) is 4.47. The predicted molar refractivity (Wildman–Crippen MR) is 149 cm³/mol. The lowest BCUT2D eigenvalue weighted by molar-refractivity contribution is 0.583. The van der Waals surface area contributed by atoms with E-state index in [0.717, 1.165) is 53.9 Å². The van der Waals surface area contributed by atoms with Crippen LogP contribution >= 0.6 is 22.7 Å². The lowest BCUT2D eigenvalue weighted by atomic mass is 10.0. The SMILES string of the molecule is Fc1cc(F)cc(-c2ccc(-c3ccc(-c4ccc(-c5ccc(-c6cc(F)cc(F)c6)cc5)s4)s3)cc2)c1. The van der Waals surface area contributed by atoms with Gasteiger partial charge < -0.3 is 0 Å². The maximum Gasteiger partial charge on any atom is 0.126 e. The first-order valence-electron chi connectivity index (χ1n) is 11.8. The van der Waals surface area contributed by atoms with Crippen molar-refractivity contribution in [2.45, 2.75) is 0 Å². The summed E-state index contributed by atoms with van der Waals surface area (Å²) in [6.45, 7) is 0. The van der Waals surface area contributed by atoms with E-state index in [1.165, 1.54) is 24.3 Å². The van der Waals surface area contributed by atoms with Crippen LogP contribution in [-0.4, -0.2) is 0 Å². The van der Waals surface area contributed by atoms with Crippen molar-refractivity contribution in [3.8, 4) is 52.9 Å². The average Bonchev–Trinajstić information content (AvgIpc) is 3.58. The third-order valence-electron chi connectivity index (χ3n) is 6.19. The van der Waals surface area contributed by atoms with Crippen LogP contribution in [0.4, 0.5) is 17.6 Å². The van der Waals surface area contributed by atoms with Crippen molar-refractivity contribution >= 4 is 22.7 Å². The Bertz CT molecular complexity index is 1570. The maximum atomic E-state index is 13.6. The zero-order valence-electron chi connectivity index (χ0n) is 19.7. The van der Waals surface area contributed by atoms with Crippen LogP contribution < -0.4 is 0 Å². The number of benzene rings is 4. The first-order chi connectivity index (χ1) is 18.4. The molecule has 2 aromatic heterocycles. The van der Waals surface area contributed by atoms with Crippen LogP contribution in [0.25, 0.3) is 52.9 Å². The van der Waals surface area contributed by atoms with Gasteiger partial charge in [0.15, 0.2) is 0 Å². The highest BCUT2D eigenvalue weighted by atomic mass is 32.1. The van der Waals surface area contributed by atoms with E-state index in [1.54, 1.807) is 22.7 Å². The van der Waals surface area contributed by atoms with Crippen LogP contribution in [0.15, 0.2) is 109 Å². The molecule has 0 bridgehead atoms. The second-order valence-electron chi connectivity index (χ2n) is 8.80. The van der Waals surface area contributed by atoms with Crippen LogP contribution in [0.1, 0.15) is 0 Å². The standard InChI is InChI=1S/C32H18F4S2/c33-25-13-23(14-26(34)17-25)19-1-5-21(6-2-19)29-9-11-31(37-29)32-12-10-30(38-32)22-7-3-20(4-8-22)24-15-27(35)18-28(36)16-24/h1-18H. The maximum absolute atomic E-state index is 13.6. The van der Waals surface area contributed by atoms with Crippen LogP contribution in [-0.2, 0) is 0 Å². The summed E-state index contributed by atoms with van der Waals surface area (Å²) in [5.41, 5.74) is 4.57. The summed E-state index contributed by atoms with van der Waals surface area (Å²) in [5, 5.41) is 0. The van der Waals surface area contributed by atoms with E-state index in [1.807, 2.05) is 48.5 Å². The van der Waals surface area contributed by atoms with Crippen molar-refractivity contribution in [3.05, 3.63) is 132 Å². The lowest BCUT2D eigenvalue weighted by Gasteiger charge is -2.04. The number of halogens is 4. The zero-order valence-corrected chi connectivity index (χ0v) is 21.4. The van der Waals surface area contributed by atoms with Crippen molar-refractivity contribution < 1.29 is 17.6 Å². The predicted octanol–water partition coefficient (Wildman–Crippen LogP) is 10.7. The Morgan fingerprint density at radius 1 is 0.289 bits per heavy atom. The van der Waals surface area contributed by atoms with Crippen LogP contribution in [0.3, 0.4) is 0 Å². The third kappa shape index (κ3) is 5.05. The molecule has 6 rings (SSSR count). The smallest absolute Gasteiger partial charge is 0.126 e. The molecule has 0 radical (unpaired) electrons. The molecule has 0 N–H and O–H groups in total. The quantitative estimate of drug-likeness (QED) is 0.190. The van der Waals surface area contributed by atoms with Gasteiger partial charge in [0.05, 0.1) is 0 Å². The van der Waals surface area contributed by atoms with Crippen molar-refractivity contribution in [1.82, 2.24) is 0 Å². The van der Waals surface area contributed by atoms with Gasteiger partial charge in [-0.15, -0.1) is 22.7 Å². The highest BCUT2D eigenvalue weighted by Gasteiger charge is 2.11. The molecule has 0 unspecified atom stereocenters. The highest BCUT2D eigenvalue weighted by Crippen LogP contribution is 2.41. The van der Waals surface area contributed by atoms with E-state index < -0.39 is 23.3 Å². The van der Waals surface area contributed by atoms with Gasteiger partial charge in [-0.25, -0.2) is 17.6 Å². The first kappa shape index (κ1) is 24.3. The summed E-state index contributed by atoms with van der Waals surface area (Å²) in [6, 6.07) is 30.7. The van der Waals surface area contributed by atoms with Crippen molar-refractivity contribution in [2.75, 3.05) is 0 Å². The fourth-order valence-electron chi connectivity index (χ4n) is 4.35. The molecule has 0 fully saturated rings. The molecular formula is C32H18F4S2. The molecule has 0 aliphatic heterocycles. The molecule has 0 aliphatic carbocycles. The fourth-order valence-corrected chi connectivity index (χ4v) is 6.46. The van der Waals surface area contributed by atoms with E-state index in [-0.39, 0.29) is 0 Å². The van der Waals surface area contributed by atoms with Gasteiger partial charge in [0.25, 0.3) is 0 Å². The molecule has 6 aromatic rings. The molecule has 2 heterocycles. The monoisotopic (exact) mass is 542 g/mol. The minimum atomic E-state index is -0.597. The summed E-state index contributed by atoms with van der Waals surface area (Å²) in [7, 11) is 0. The van der Waals surface area contributed by atoms with Gasteiger partial charge in [0.2, 0.25) is 0 Å². The van der Waals surface area contributed by atoms with E-state index in [2.05, 4.69) is 24.3 Å². The molecule has 186 valence electrons. The molecule has 38 heavy (non-hydrogen) atoms. The minimum absolute atomic E-state index is 0.503. The zero-order chi connectivity index (χ0) is 26.2.